The Morgan fingerprint density at radius 3 is 2.53 bits per heavy atom. The highest BCUT2D eigenvalue weighted by molar-refractivity contribution is 7.89. The molecule has 0 aromatic heterocycles. The van der Waals surface area contributed by atoms with Crippen LogP contribution in [0.1, 0.15) is 10.4 Å². The first kappa shape index (κ1) is 22.9. The van der Waals surface area contributed by atoms with Gasteiger partial charge in [0.25, 0.3) is 5.91 Å². The number of nitrogens with one attached hydrogen (secondary N) is 2. The van der Waals surface area contributed by atoms with Gasteiger partial charge in [0.05, 0.1) is 34.4 Å². The molecule has 162 valence electrons. The highest BCUT2D eigenvalue weighted by Gasteiger charge is 2.19. The van der Waals surface area contributed by atoms with Crippen molar-refractivity contribution in [2.24, 2.45) is 0 Å². The predicted molar refractivity (Wildman–Crippen MR) is 113 cm³/mol. The molecule has 0 radical (unpaired) electrons. The Bertz CT molecular complexity index is 1030. The van der Waals surface area contributed by atoms with Gasteiger partial charge in [-0.1, -0.05) is 23.2 Å². The minimum Gasteiger partial charge on any atom is -0.379 e. The third-order valence-corrected chi connectivity index (χ3v) is 6.51. The molecule has 1 aliphatic rings. The standard InChI is InChI=1S/C19H20Cl2FN3O4S/c20-13-1-3-15(16(21)11-13)19(26)24-18-4-2-14(12-17(18)22)30(27,28)23-5-6-25-7-9-29-10-8-25/h1-4,11-12,23H,5-10H2,(H,24,26). The number of nitrogens with zero attached hydrogens (tertiary/aromatic N) is 1. The normalized spacial score (nSPS) is 15.2. The Labute approximate surface area is 184 Å². The molecule has 0 aliphatic carbocycles. The van der Waals surface area contributed by atoms with E-state index >= 15 is 0 Å². The van der Waals surface area contributed by atoms with Crippen LogP contribution in [0, 0.1) is 5.82 Å². The van der Waals surface area contributed by atoms with Gasteiger partial charge in [-0.2, -0.15) is 0 Å². The van der Waals surface area contributed by atoms with E-state index in [2.05, 4.69) is 14.9 Å². The lowest BCUT2D eigenvalue weighted by Gasteiger charge is -2.26. The molecule has 7 nitrogen and oxygen atoms in total. The van der Waals surface area contributed by atoms with Crippen molar-refractivity contribution in [2.45, 2.75) is 4.90 Å². The number of amides is 1. The van der Waals surface area contributed by atoms with Crippen molar-refractivity contribution in [1.29, 1.82) is 0 Å². The fourth-order valence-corrected chi connectivity index (χ4v) is 4.40. The summed E-state index contributed by atoms with van der Waals surface area (Å²) in [6, 6.07) is 7.56. The van der Waals surface area contributed by atoms with E-state index in [1.807, 2.05) is 0 Å². The SMILES string of the molecule is O=C(Nc1ccc(S(=O)(=O)NCCN2CCOCC2)cc1F)c1ccc(Cl)cc1Cl. The molecular formula is C19H20Cl2FN3O4S. The minimum absolute atomic E-state index is 0.113. The van der Waals surface area contributed by atoms with Crippen LogP contribution < -0.4 is 10.0 Å². The highest BCUT2D eigenvalue weighted by atomic mass is 35.5. The molecule has 0 atom stereocenters. The van der Waals surface area contributed by atoms with Crippen LogP contribution in [0.3, 0.4) is 0 Å². The molecule has 0 saturated carbocycles. The van der Waals surface area contributed by atoms with E-state index in [1.54, 1.807) is 0 Å². The Hall–Kier alpha value is -1.75. The maximum atomic E-state index is 14.5. The Morgan fingerprint density at radius 1 is 1.13 bits per heavy atom. The Kier molecular flexibility index (Phi) is 7.67. The number of morpholine rings is 1. The van der Waals surface area contributed by atoms with E-state index in [0.717, 1.165) is 19.2 Å². The fourth-order valence-electron chi connectivity index (χ4n) is 2.87. The number of halogens is 3. The van der Waals surface area contributed by atoms with E-state index in [-0.39, 0.29) is 27.7 Å². The maximum absolute atomic E-state index is 14.5. The fraction of sp³-hybridized carbons (Fsp3) is 0.316. The lowest BCUT2D eigenvalue weighted by Crippen LogP contribution is -2.41. The smallest absolute Gasteiger partial charge is 0.257 e. The number of carbonyl (C=O) groups is 1. The summed E-state index contributed by atoms with van der Waals surface area (Å²) >= 11 is 11.8. The van der Waals surface area contributed by atoms with Crippen molar-refractivity contribution >= 4 is 44.8 Å². The topological polar surface area (TPSA) is 87.7 Å². The van der Waals surface area contributed by atoms with Crippen LogP contribution in [-0.4, -0.2) is 58.6 Å². The summed E-state index contributed by atoms with van der Waals surface area (Å²) in [6.07, 6.45) is 0. The summed E-state index contributed by atoms with van der Waals surface area (Å²) in [4.78, 5) is 14.2. The number of carbonyl (C=O) groups excluding carboxylic acids is 1. The molecular weight excluding hydrogens is 456 g/mol. The van der Waals surface area contributed by atoms with Gasteiger partial charge in [0, 0.05) is 31.2 Å². The van der Waals surface area contributed by atoms with Crippen LogP contribution in [0.5, 0.6) is 0 Å². The first-order valence-corrected chi connectivity index (χ1v) is 11.4. The van der Waals surface area contributed by atoms with E-state index in [1.165, 1.54) is 30.3 Å². The van der Waals surface area contributed by atoms with Crippen LogP contribution in [-0.2, 0) is 14.8 Å². The second kappa shape index (κ2) is 10.0. The van der Waals surface area contributed by atoms with Gasteiger partial charge in [-0.25, -0.2) is 17.5 Å². The van der Waals surface area contributed by atoms with Crippen LogP contribution >= 0.6 is 23.2 Å². The van der Waals surface area contributed by atoms with Gasteiger partial charge in [-0.3, -0.25) is 9.69 Å². The average molecular weight is 476 g/mol. The maximum Gasteiger partial charge on any atom is 0.257 e. The van der Waals surface area contributed by atoms with E-state index < -0.39 is 21.7 Å². The minimum atomic E-state index is -3.89. The molecule has 1 amide bonds. The number of ether oxygens (including phenoxy) is 1. The van der Waals surface area contributed by atoms with Crippen molar-refractivity contribution in [3.05, 3.63) is 57.8 Å². The Balaban J connectivity index is 1.64. The summed E-state index contributed by atoms with van der Waals surface area (Å²) in [6.45, 7) is 3.43. The molecule has 2 N–H and O–H groups in total. The number of benzene rings is 2. The zero-order valence-corrected chi connectivity index (χ0v) is 18.2. The first-order chi connectivity index (χ1) is 14.3. The summed E-state index contributed by atoms with van der Waals surface area (Å²) in [5.74, 6) is -1.53. The van der Waals surface area contributed by atoms with Crippen LogP contribution in [0.25, 0.3) is 0 Å². The van der Waals surface area contributed by atoms with Gasteiger partial charge in [0.1, 0.15) is 5.82 Å². The molecule has 1 heterocycles. The Morgan fingerprint density at radius 2 is 1.87 bits per heavy atom. The molecule has 1 aliphatic heterocycles. The van der Waals surface area contributed by atoms with Crippen molar-refractivity contribution in [3.8, 4) is 0 Å². The third-order valence-electron chi connectivity index (χ3n) is 4.50. The average Bonchev–Trinajstić information content (AvgIpc) is 2.70. The second-order valence-electron chi connectivity index (χ2n) is 6.57. The molecule has 0 unspecified atom stereocenters. The van der Waals surface area contributed by atoms with Crippen molar-refractivity contribution < 1.29 is 22.3 Å². The summed E-state index contributed by atoms with van der Waals surface area (Å²) < 4.78 is 47.0. The second-order valence-corrected chi connectivity index (χ2v) is 9.18. The lowest BCUT2D eigenvalue weighted by molar-refractivity contribution is 0.0390. The molecule has 1 fully saturated rings. The van der Waals surface area contributed by atoms with Crippen LogP contribution in [0.2, 0.25) is 10.0 Å². The zero-order chi connectivity index (χ0) is 21.7. The molecule has 3 rings (SSSR count). The van der Waals surface area contributed by atoms with Crippen LogP contribution in [0.4, 0.5) is 10.1 Å². The third kappa shape index (κ3) is 5.90. The van der Waals surface area contributed by atoms with Gasteiger partial charge >= 0.3 is 0 Å². The number of sulfonamides is 1. The molecule has 11 heteroatoms. The molecule has 2 aromatic carbocycles. The van der Waals surface area contributed by atoms with Gasteiger partial charge in [-0.05, 0) is 36.4 Å². The molecule has 0 spiro atoms. The summed E-state index contributed by atoms with van der Waals surface area (Å²) in [5, 5.41) is 2.85. The van der Waals surface area contributed by atoms with Gasteiger partial charge in [-0.15, -0.1) is 0 Å². The predicted octanol–water partition coefficient (Wildman–Crippen LogP) is 3.00. The molecule has 1 saturated heterocycles. The highest BCUT2D eigenvalue weighted by Crippen LogP contribution is 2.24. The van der Waals surface area contributed by atoms with Crippen molar-refractivity contribution in [3.63, 3.8) is 0 Å². The number of hydrogen-bond donors (Lipinski definition) is 2. The van der Waals surface area contributed by atoms with Gasteiger partial charge in [0.2, 0.25) is 10.0 Å². The van der Waals surface area contributed by atoms with Crippen molar-refractivity contribution in [1.82, 2.24) is 9.62 Å². The van der Waals surface area contributed by atoms with Gasteiger partial charge < -0.3 is 10.1 Å². The van der Waals surface area contributed by atoms with E-state index in [9.17, 15) is 17.6 Å². The first-order valence-electron chi connectivity index (χ1n) is 9.12. The number of hydrogen-bond acceptors (Lipinski definition) is 5. The molecule has 2 aromatic rings. The lowest BCUT2D eigenvalue weighted by atomic mass is 10.2. The number of anilines is 1. The molecule has 30 heavy (non-hydrogen) atoms. The summed E-state index contributed by atoms with van der Waals surface area (Å²) in [7, 11) is -3.89. The van der Waals surface area contributed by atoms with Gasteiger partial charge in [0.15, 0.2) is 0 Å². The number of rotatable bonds is 7. The summed E-state index contributed by atoms with van der Waals surface area (Å²) in [5.41, 5.74) is -0.0553. The monoisotopic (exact) mass is 475 g/mol. The zero-order valence-electron chi connectivity index (χ0n) is 15.8. The van der Waals surface area contributed by atoms with E-state index in [0.29, 0.717) is 24.8 Å². The quantitative estimate of drug-likeness (QED) is 0.642. The van der Waals surface area contributed by atoms with E-state index in [4.69, 9.17) is 27.9 Å². The van der Waals surface area contributed by atoms with Crippen LogP contribution in [0.15, 0.2) is 41.3 Å². The molecule has 0 bridgehead atoms. The largest absolute Gasteiger partial charge is 0.379 e. The van der Waals surface area contributed by atoms with Crippen molar-refractivity contribution in [2.75, 3.05) is 44.7 Å².